The van der Waals surface area contributed by atoms with E-state index in [9.17, 15) is 4.79 Å². The van der Waals surface area contributed by atoms with Crippen molar-refractivity contribution in [2.45, 2.75) is 77.2 Å². The van der Waals surface area contributed by atoms with Gasteiger partial charge in [-0.2, -0.15) is 0 Å². The number of hydrogen-bond acceptors (Lipinski definition) is 1. The van der Waals surface area contributed by atoms with E-state index in [1.165, 1.54) is 57.8 Å². The third kappa shape index (κ3) is 2.83. The Kier molecular flexibility index (Phi) is 4.14. The molecule has 3 fully saturated rings. The Morgan fingerprint density at radius 3 is 2.42 bits per heavy atom. The number of nitrogens with zero attached hydrogens (tertiary/aromatic N) is 1. The summed E-state index contributed by atoms with van der Waals surface area (Å²) in [5.74, 6) is 3.04. The quantitative estimate of drug-likeness (QED) is 0.751. The van der Waals surface area contributed by atoms with E-state index in [2.05, 4.69) is 11.8 Å². The molecule has 0 saturated heterocycles. The molecule has 108 valence electrons. The largest absolute Gasteiger partial charge is 0.340 e. The molecule has 3 saturated carbocycles. The number of fused-ring (bicyclic) bond motifs is 2. The van der Waals surface area contributed by atoms with E-state index in [0.29, 0.717) is 11.9 Å². The van der Waals surface area contributed by atoms with E-state index in [0.717, 1.165) is 30.7 Å². The SMILES string of the molecule is CCN(C(=O)CC1CC2CCC1C2)C1CCCCC1. The normalized spacial score (nSPS) is 34.7. The van der Waals surface area contributed by atoms with E-state index in [4.69, 9.17) is 0 Å². The molecule has 3 atom stereocenters. The van der Waals surface area contributed by atoms with Crippen LogP contribution in [0.3, 0.4) is 0 Å². The van der Waals surface area contributed by atoms with E-state index in [1.807, 2.05) is 0 Å². The predicted octanol–water partition coefficient (Wildman–Crippen LogP) is 3.99. The van der Waals surface area contributed by atoms with Crippen LogP contribution in [0.15, 0.2) is 0 Å². The minimum Gasteiger partial charge on any atom is -0.340 e. The van der Waals surface area contributed by atoms with Gasteiger partial charge in [-0.25, -0.2) is 0 Å². The number of carbonyl (C=O) groups is 1. The monoisotopic (exact) mass is 263 g/mol. The Hall–Kier alpha value is -0.530. The van der Waals surface area contributed by atoms with Crippen molar-refractivity contribution >= 4 is 5.91 Å². The lowest BCUT2D eigenvalue weighted by atomic mass is 9.85. The highest BCUT2D eigenvalue weighted by Crippen LogP contribution is 2.49. The minimum atomic E-state index is 0.465. The third-order valence-electron chi connectivity index (χ3n) is 6.00. The first kappa shape index (κ1) is 13.5. The molecule has 3 unspecified atom stereocenters. The van der Waals surface area contributed by atoms with Crippen molar-refractivity contribution < 1.29 is 4.79 Å². The molecule has 2 bridgehead atoms. The van der Waals surface area contributed by atoms with Crippen molar-refractivity contribution in [3.05, 3.63) is 0 Å². The van der Waals surface area contributed by atoms with Crippen LogP contribution in [-0.2, 0) is 4.79 Å². The van der Waals surface area contributed by atoms with Gasteiger partial charge in [0, 0.05) is 19.0 Å². The third-order valence-corrected chi connectivity index (χ3v) is 6.00. The van der Waals surface area contributed by atoms with Crippen LogP contribution < -0.4 is 0 Å². The zero-order chi connectivity index (χ0) is 13.2. The summed E-state index contributed by atoms with van der Waals surface area (Å²) in [6, 6.07) is 0.560. The van der Waals surface area contributed by atoms with Crippen LogP contribution in [0.1, 0.15) is 71.1 Å². The average molecular weight is 263 g/mol. The second kappa shape index (κ2) is 5.85. The Bertz CT molecular complexity index is 321. The molecule has 0 aliphatic heterocycles. The lowest BCUT2D eigenvalue weighted by Gasteiger charge is -2.35. The summed E-state index contributed by atoms with van der Waals surface area (Å²) in [4.78, 5) is 14.8. The maximum atomic E-state index is 12.6. The summed E-state index contributed by atoms with van der Waals surface area (Å²) in [6.07, 6.45) is 13.0. The first-order valence-electron chi connectivity index (χ1n) is 8.57. The summed E-state index contributed by atoms with van der Waals surface area (Å²) in [5.41, 5.74) is 0. The van der Waals surface area contributed by atoms with Crippen LogP contribution in [0.4, 0.5) is 0 Å². The van der Waals surface area contributed by atoms with Crippen molar-refractivity contribution in [3.8, 4) is 0 Å². The van der Waals surface area contributed by atoms with Gasteiger partial charge >= 0.3 is 0 Å². The molecular formula is C17H29NO. The standard InChI is InChI=1S/C17H29NO/c1-2-18(16-6-4-3-5-7-16)17(19)12-15-11-13-8-9-14(15)10-13/h13-16H,2-12H2,1H3. The van der Waals surface area contributed by atoms with Gasteiger partial charge in [0.05, 0.1) is 0 Å². The Morgan fingerprint density at radius 2 is 1.84 bits per heavy atom. The predicted molar refractivity (Wildman–Crippen MR) is 77.8 cm³/mol. The molecule has 0 heterocycles. The van der Waals surface area contributed by atoms with Crippen LogP contribution in [0, 0.1) is 17.8 Å². The highest BCUT2D eigenvalue weighted by molar-refractivity contribution is 5.76. The number of rotatable bonds is 4. The first-order chi connectivity index (χ1) is 9.28. The molecule has 2 heteroatoms. The van der Waals surface area contributed by atoms with Gasteiger partial charge in [0.1, 0.15) is 0 Å². The number of carbonyl (C=O) groups excluding carboxylic acids is 1. The van der Waals surface area contributed by atoms with Crippen LogP contribution in [-0.4, -0.2) is 23.4 Å². The molecule has 3 rings (SSSR count). The van der Waals surface area contributed by atoms with Gasteiger partial charge in [0.15, 0.2) is 0 Å². The lowest BCUT2D eigenvalue weighted by molar-refractivity contribution is -0.135. The van der Waals surface area contributed by atoms with Gasteiger partial charge in [-0.1, -0.05) is 25.7 Å². The van der Waals surface area contributed by atoms with Crippen molar-refractivity contribution in [1.29, 1.82) is 0 Å². The van der Waals surface area contributed by atoms with Gasteiger partial charge in [-0.05, 0) is 56.8 Å². The molecule has 0 aromatic rings. The zero-order valence-corrected chi connectivity index (χ0v) is 12.4. The van der Waals surface area contributed by atoms with Gasteiger partial charge in [0.2, 0.25) is 5.91 Å². The highest BCUT2D eigenvalue weighted by atomic mass is 16.2. The molecule has 1 amide bonds. The van der Waals surface area contributed by atoms with Gasteiger partial charge < -0.3 is 4.90 Å². The fourth-order valence-corrected chi connectivity index (χ4v) is 5.00. The van der Waals surface area contributed by atoms with Crippen molar-refractivity contribution in [1.82, 2.24) is 4.90 Å². The molecule has 19 heavy (non-hydrogen) atoms. The minimum absolute atomic E-state index is 0.465. The van der Waals surface area contributed by atoms with E-state index in [1.54, 1.807) is 0 Å². The Labute approximate surface area is 117 Å². The van der Waals surface area contributed by atoms with Crippen LogP contribution in [0.5, 0.6) is 0 Å². The first-order valence-corrected chi connectivity index (χ1v) is 8.57. The van der Waals surface area contributed by atoms with Gasteiger partial charge in [-0.15, -0.1) is 0 Å². The van der Waals surface area contributed by atoms with E-state index < -0.39 is 0 Å². The second-order valence-electron chi connectivity index (χ2n) is 7.11. The van der Waals surface area contributed by atoms with Crippen molar-refractivity contribution in [2.75, 3.05) is 6.54 Å². The summed E-state index contributed by atoms with van der Waals surface area (Å²) in [7, 11) is 0. The smallest absolute Gasteiger partial charge is 0.223 e. The maximum Gasteiger partial charge on any atom is 0.223 e. The molecule has 3 aliphatic rings. The maximum absolute atomic E-state index is 12.6. The number of hydrogen-bond donors (Lipinski definition) is 0. The van der Waals surface area contributed by atoms with Crippen LogP contribution in [0.2, 0.25) is 0 Å². The average Bonchev–Trinajstić information content (AvgIpc) is 3.03. The van der Waals surface area contributed by atoms with Crippen molar-refractivity contribution in [2.24, 2.45) is 17.8 Å². The lowest BCUT2D eigenvalue weighted by Crippen LogP contribution is -2.42. The number of amides is 1. The second-order valence-corrected chi connectivity index (χ2v) is 7.11. The van der Waals surface area contributed by atoms with Gasteiger partial charge in [0.25, 0.3) is 0 Å². The molecular weight excluding hydrogens is 234 g/mol. The fraction of sp³-hybridized carbons (Fsp3) is 0.941. The summed E-state index contributed by atoms with van der Waals surface area (Å²) >= 11 is 0. The van der Waals surface area contributed by atoms with Crippen LogP contribution >= 0.6 is 0 Å². The Morgan fingerprint density at radius 1 is 1.05 bits per heavy atom. The summed E-state index contributed by atoms with van der Waals surface area (Å²) in [5, 5.41) is 0. The molecule has 0 aromatic carbocycles. The molecule has 0 spiro atoms. The molecule has 3 aliphatic carbocycles. The van der Waals surface area contributed by atoms with Crippen molar-refractivity contribution in [3.63, 3.8) is 0 Å². The van der Waals surface area contributed by atoms with Crippen LogP contribution in [0.25, 0.3) is 0 Å². The van der Waals surface area contributed by atoms with E-state index >= 15 is 0 Å². The molecule has 0 N–H and O–H groups in total. The highest BCUT2D eigenvalue weighted by Gasteiger charge is 2.41. The van der Waals surface area contributed by atoms with E-state index in [-0.39, 0.29) is 0 Å². The summed E-state index contributed by atoms with van der Waals surface area (Å²) < 4.78 is 0. The molecule has 0 radical (unpaired) electrons. The summed E-state index contributed by atoms with van der Waals surface area (Å²) in [6.45, 7) is 3.08. The fourth-order valence-electron chi connectivity index (χ4n) is 5.00. The molecule has 0 aromatic heterocycles. The Balaban J connectivity index is 1.55. The topological polar surface area (TPSA) is 20.3 Å². The zero-order valence-electron chi connectivity index (χ0n) is 12.4. The van der Waals surface area contributed by atoms with Gasteiger partial charge in [-0.3, -0.25) is 4.79 Å². The molecule has 2 nitrogen and oxygen atoms in total.